The Hall–Kier alpha value is -2.56. The molecule has 0 bridgehead atoms. The van der Waals surface area contributed by atoms with E-state index in [0.717, 1.165) is 22.9 Å². The van der Waals surface area contributed by atoms with E-state index in [1.807, 2.05) is 24.3 Å². The summed E-state index contributed by atoms with van der Waals surface area (Å²) in [5, 5.41) is 10.3. The van der Waals surface area contributed by atoms with Crippen molar-refractivity contribution < 1.29 is 17.6 Å². The molecule has 1 aliphatic heterocycles. The monoisotopic (exact) mass is 504 g/mol. The first-order valence-corrected chi connectivity index (χ1v) is 12.1. The fourth-order valence-corrected chi connectivity index (χ4v) is 5.04. The van der Waals surface area contributed by atoms with E-state index in [1.54, 1.807) is 0 Å². The van der Waals surface area contributed by atoms with Gasteiger partial charge in [-0.15, -0.1) is 5.10 Å². The Kier molecular flexibility index (Phi) is 6.22. The van der Waals surface area contributed by atoms with Crippen LogP contribution in [0.5, 0.6) is 0 Å². The lowest BCUT2D eigenvalue weighted by Crippen LogP contribution is -2.37. The standard InChI is InChI=1S/C21H21BrN4O4S/c1-14-10-12-26(13-11-14)31(28,29)18-8-4-15(5-9-18)19(27)23-21-25-24-20(30-21)16-2-6-17(22)7-3-16/h2-9,14H,10-13H2,1H3,(H,23,25,27). The highest BCUT2D eigenvalue weighted by atomic mass is 79.9. The smallest absolute Gasteiger partial charge is 0.322 e. The number of rotatable bonds is 5. The van der Waals surface area contributed by atoms with Gasteiger partial charge < -0.3 is 4.42 Å². The molecular weight excluding hydrogens is 484 g/mol. The van der Waals surface area contributed by atoms with E-state index in [-0.39, 0.29) is 22.4 Å². The summed E-state index contributed by atoms with van der Waals surface area (Å²) in [5.74, 6) is 0.341. The molecule has 0 spiro atoms. The van der Waals surface area contributed by atoms with Crippen LogP contribution in [0, 0.1) is 5.92 Å². The molecular formula is C21H21BrN4O4S. The molecule has 3 aromatic rings. The minimum Gasteiger partial charge on any atom is -0.403 e. The molecule has 2 aromatic carbocycles. The van der Waals surface area contributed by atoms with Crippen molar-refractivity contribution in [2.24, 2.45) is 5.92 Å². The number of carbonyl (C=O) groups is 1. The number of nitrogens with zero attached hydrogens (tertiary/aromatic N) is 3. The number of hydrogen-bond acceptors (Lipinski definition) is 6. The van der Waals surface area contributed by atoms with Crippen LogP contribution in [0.1, 0.15) is 30.1 Å². The third-order valence-electron chi connectivity index (χ3n) is 5.23. The second-order valence-electron chi connectivity index (χ2n) is 7.48. The quantitative estimate of drug-likeness (QED) is 0.558. The first kappa shape index (κ1) is 21.7. The molecule has 0 unspecified atom stereocenters. The third kappa shape index (κ3) is 4.86. The molecule has 1 N–H and O–H groups in total. The van der Waals surface area contributed by atoms with Crippen LogP contribution in [0.25, 0.3) is 11.5 Å². The van der Waals surface area contributed by atoms with Crippen molar-refractivity contribution >= 4 is 37.9 Å². The molecule has 0 atom stereocenters. The van der Waals surface area contributed by atoms with Crippen molar-refractivity contribution in [1.82, 2.24) is 14.5 Å². The summed E-state index contributed by atoms with van der Waals surface area (Å²) in [7, 11) is -3.56. The zero-order valence-electron chi connectivity index (χ0n) is 16.8. The van der Waals surface area contributed by atoms with Crippen LogP contribution >= 0.6 is 15.9 Å². The molecule has 10 heteroatoms. The molecule has 4 rings (SSSR count). The van der Waals surface area contributed by atoms with Gasteiger partial charge >= 0.3 is 6.01 Å². The first-order valence-electron chi connectivity index (χ1n) is 9.84. The van der Waals surface area contributed by atoms with Crippen LogP contribution in [-0.4, -0.2) is 41.9 Å². The molecule has 1 amide bonds. The Bertz CT molecular complexity index is 1170. The molecule has 162 valence electrons. The number of sulfonamides is 1. The van der Waals surface area contributed by atoms with Crippen molar-refractivity contribution in [3.05, 3.63) is 58.6 Å². The zero-order chi connectivity index (χ0) is 22.0. The van der Waals surface area contributed by atoms with Gasteiger partial charge in [0.15, 0.2) is 0 Å². The number of anilines is 1. The second kappa shape index (κ2) is 8.89. The number of halogens is 1. The van der Waals surface area contributed by atoms with Crippen molar-refractivity contribution in [3.63, 3.8) is 0 Å². The van der Waals surface area contributed by atoms with Crippen LogP contribution in [-0.2, 0) is 10.0 Å². The largest absolute Gasteiger partial charge is 0.403 e. The fourth-order valence-electron chi connectivity index (χ4n) is 3.30. The molecule has 8 nitrogen and oxygen atoms in total. The summed E-state index contributed by atoms with van der Waals surface area (Å²) >= 11 is 3.36. The SMILES string of the molecule is CC1CCN(S(=O)(=O)c2ccc(C(=O)Nc3nnc(-c4ccc(Br)cc4)o3)cc2)CC1. The Labute approximate surface area is 188 Å². The van der Waals surface area contributed by atoms with Gasteiger partial charge in [0.25, 0.3) is 5.91 Å². The highest BCUT2D eigenvalue weighted by molar-refractivity contribution is 9.10. The van der Waals surface area contributed by atoms with E-state index >= 15 is 0 Å². The van der Waals surface area contributed by atoms with Crippen LogP contribution < -0.4 is 5.32 Å². The van der Waals surface area contributed by atoms with E-state index in [4.69, 9.17) is 4.42 Å². The van der Waals surface area contributed by atoms with Gasteiger partial charge in [0.05, 0.1) is 4.90 Å². The molecule has 1 saturated heterocycles. The average Bonchev–Trinajstić information content (AvgIpc) is 3.23. The van der Waals surface area contributed by atoms with Crippen LogP contribution in [0.2, 0.25) is 0 Å². The van der Waals surface area contributed by atoms with Gasteiger partial charge in [-0.25, -0.2) is 8.42 Å². The molecule has 0 saturated carbocycles. The summed E-state index contributed by atoms with van der Waals surface area (Å²) in [6.45, 7) is 3.16. The van der Waals surface area contributed by atoms with Gasteiger partial charge in [0.2, 0.25) is 15.9 Å². The number of piperidine rings is 1. The summed E-state index contributed by atoms with van der Waals surface area (Å²) in [4.78, 5) is 12.7. The number of amides is 1. The molecule has 31 heavy (non-hydrogen) atoms. The van der Waals surface area contributed by atoms with E-state index in [9.17, 15) is 13.2 Å². The highest BCUT2D eigenvalue weighted by Gasteiger charge is 2.28. The topological polar surface area (TPSA) is 105 Å². The number of nitrogens with one attached hydrogen (secondary N) is 1. The van der Waals surface area contributed by atoms with Gasteiger partial charge in [-0.2, -0.15) is 4.31 Å². The van der Waals surface area contributed by atoms with Gasteiger partial charge in [-0.1, -0.05) is 28.0 Å². The van der Waals surface area contributed by atoms with E-state index < -0.39 is 15.9 Å². The van der Waals surface area contributed by atoms with Crippen LogP contribution in [0.3, 0.4) is 0 Å². The molecule has 2 heterocycles. The molecule has 1 aromatic heterocycles. The predicted molar refractivity (Wildman–Crippen MR) is 119 cm³/mol. The lowest BCUT2D eigenvalue weighted by Gasteiger charge is -2.29. The van der Waals surface area contributed by atoms with E-state index in [1.165, 1.54) is 28.6 Å². The van der Waals surface area contributed by atoms with Gasteiger partial charge in [-0.05, 0) is 67.3 Å². The normalized spacial score (nSPS) is 15.7. The second-order valence-corrected chi connectivity index (χ2v) is 10.3. The molecule has 1 aliphatic rings. The van der Waals surface area contributed by atoms with Crippen molar-refractivity contribution in [3.8, 4) is 11.5 Å². The lowest BCUT2D eigenvalue weighted by molar-refractivity contribution is 0.102. The van der Waals surface area contributed by atoms with E-state index in [2.05, 4.69) is 38.4 Å². The van der Waals surface area contributed by atoms with E-state index in [0.29, 0.717) is 19.0 Å². The van der Waals surface area contributed by atoms with Crippen LogP contribution in [0.4, 0.5) is 6.01 Å². The number of carbonyl (C=O) groups excluding carboxylic acids is 1. The Morgan fingerprint density at radius 2 is 1.71 bits per heavy atom. The van der Waals surface area contributed by atoms with Gasteiger partial charge in [-0.3, -0.25) is 10.1 Å². The van der Waals surface area contributed by atoms with Crippen molar-refractivity contribution in [2.75, 3.05) is 18.4 Å². The number of hydrogen-bond donors (Lipinski definition) is 1. The summed E-state index contributed by atoms with van der Waals surface area (Å²) in [6.07, 6.45) is 1.71. The van der Waals surface area contributed by atoms with Crippen molar-refractivity contribution in [2.45, 2.75) is 24.7 Å². The minimum absolute atomic E-state index is 0.0398. The molecule has 1 fully saturated rings. The minimum atomic E-state index is -3.56. The highest BCUT2D eigenvalue weighted by Crippen LogP contribution is 2.24. The fraction of sp³-hybridized carbons (Fsp3) is 0.286. The summed E-state index contributed by atoms with van der Waals surface area (Å²) < 4.78 is 33.5. The van der Waals surface area contributed by atoms with Gasteiger partial charge in [0, 0.05) is 28.7 Å². The summed E-state index contributed by atoms with van der Waals surface area (Å²) in [6, 6.07) is 13.1. The van der Waals surface area contributed by atoms with Gasteiger partial charge in [0.1, 0.15) is 0 Å². The molecule has 0 aliphatic carbocycles. The zero-order valence-corrected chi connectivity index (χ0v) is 19.2. The Morgan fingerprint density at radius 3 is 2.35 bits per heavy atom. The van der Waals surface area contributed by atoms with Crippen molar-refractivity contribution in [1.29, 1.82) is 0 Å². The maximum Gasteiger partial charge on any atom is 0.322 e. The number of aromatic nitrogens is 2. The third-order valence-corrected chi connectivity index (χ3v) is 7.68. The Morgan fingerprint density at radius 1 is 1.06 bits per heavy atom. The molecule has 0 radical (unpaired) electrons. The predicted octanol–water partition coefficient (Wildman–Crippen LogP) is 4.17. The average molecular weight is 505 g/mol. The number of benzene rings is 2. The summed E-state index contributed by atoms with van der Waals surface area (Å²) in [5.41, 5.74) is 1.01. The first-order chi connectivity index (χ1) is 14.8. The maximum absolute atomic E-state index is 12.8. The Balaban J connectivity index is 1.43. The van der Waals surface area contributed by atoms with Crippen LogP contribution in [0.15, 0.2) is 62.3 Å². The lowest BCUT2D eigenvalue weighted by atomic mass is 10.0. The maximum atomic E-state index is 12.8.